The van der Waals surface area contributed by atoms with E-state index in [0.29, 0.717) is 0 Å². The van der Waals surface area contributed by atoms with Crippen LogP contribution < -0.4 is 5.32 Å². The molecule has 0 amide bonds. The van der Waals surface area contributed by atoms with Gasteiger partial charge in [-0.3, -0.25) is 0 Å². The monoisotopic (exact) mass is 246 g/mol. The Labute approximate surface area is 111 Å². The van der Waals surface area contributed by atoms with E-state index < -0.39 is 0 Å². The fourth-order valence-corrected chi connectivity index (χ4v) is 2.92. The lowest BCUT2D eigenvalue weighted by molar-refractivity contribution is 0.169. The smallest absolute Gasteiger partial charge is 0.0340 e. The molecule has 1 aromatic carbocycles. The van der Waals surface area contributed by atoms with E-state index in [1.165, 1.54) is 31.4 Å². The Morgan fingerprint density at radius 3 is 2.72 bits per heavy atom. The Morgan fingerprint density at radius 2 is 2.00 bits per heavy atom. The number of hydrogen-bond donors (Lipinski definition) is 1. The lowest BCUT2D eigenvalue weighted by atomic mass is 9.86. The molecule has 1 fully saturated rings. The predicted octanol–water partition coefficient (Wildman–Crippen LogP) is 3.61. The van der Waals surface area contributed by atoms with E-state index in [9.17, 15) is 0 Å². The van der Waals surface area contributed by atoms with Crippen molar-refractivity contribution in [2.45, 2.75) is 38.6 Å². The number of benzene rings is 1. The normalized spacial score (nSPS) is 24.2. The Morgan fingerprint density at radius 1 is 1.22 bits per heavy atom. The molecule has 0 radical (unpaired) electrons. The van der Waals surface area contributed by atoms with E-state index in [1.807, 2.05) is 0 Å². The number of likely N-dealkylation sites (N-methyl/N-ethyl adjacent to an activating group) is 1. The highest BCUT2D eigenvalue weighted by Crippen LogP contribution is 2.26. The van der Waals surface area contributed by atoms with Crippen LogP contribution in [0.1, 0.15) is 32.6 Å². The van der Waals surface area contributed by atoms with Gasteiger partial charge in [0.05, 0.1) is 0 Å². The average Bonchev–Trinajstić information content (AvgIpc) is 2.40. The fourth-order valence-electron chi connectivity index (χ4n) is 2.92. The van der Waals surface area contributed by atoms with Gasteiger partial charge in [-0.2, -0.15) is 0 Å². The van der Waals surface area contributed by atoms with Crippen LogP contribution in [0, 0.1) is 5.92 Å². The largest absolute Gasteiger partial charge is 0.384 e. The van der Waals surface area contributed by atoms with Crippen LogP contribution in [-0.2, 0) is 0 Å². The molecule has 2 nitrogen and oxygen atoms in total. The summed E-state index contributed by atoms with van der Waals surface area (Å²) in [6.45, 7) is 4.56. The van der Waals surface area contributed by atoms with Crippen LogP contribution in [0.15, 0.2) is 30.3 Å². The zero-order valence-corrected chi connectivity index (χ0v) is 11.7. The predicted molar refractivity (Wildman–Crippen MR) is 79.0 cm³/mol. The van der Waals surface area contributed by atoms with Gasteiger partial charge in [-0.1, -0.05) is 38.0 Å². The quantitative estimate of drug-likeness (QED) is 0.854. The van der Waals surface area contributed by atoms with E-state index in [2.05, 4.69) is 54.5 Å². The van der Waals surface area contributed by atoms with Gasteiger partial charge in [-0.25, -0.2) is 0 Å². The molecule has 0 saturated heterocycles. The molecule has 2 unspecified atom stereocenters. The summed E-state index contributed by atoms with van der Waals surface area (Å²) in [6, 6.07) is 11.3. The van der Waals surface area contributed by atoms with Crippen molar-refractivity contribution in [3.63, 3.8) is 0 Å². The van der Waals surface area contributed by atoms with Gasteiger partial charge in [0.15, 0.2) is 0 Å². The van der Waals surface area contributed by atoms with Crippen LogP contribution >= 0.6 is 0 Å². The summed E-state index contributed by atoms with van der Waals surface area (Å²) in [5, 5.41) is 3.48. The van der Waals surface area contributed by atoms with Crippen molar-refractivity contribution in [2.24, 2.45) is 5.92 Å². The SMILES string of the molecule is CC1CCCC(N(C)CCNc2ccccc2)C1. The van der Waals surface area contributed by atoms with Crippen molar-refractivity contribution >= 4 is 5.69 Å². The molecule has 0 spiro atoms. The average molecular weight is 246 g/mol. The van der Waals surface area contributed by atoms with Crippen molar-refractivity contribution in [2.75, 3.05) is 25.5 Å². The fraction of sp³-hybridized carbons (Fsp3) is 0.625. The second-order valence-electron chi connectivity index (χ2n) is 5.70. The maximum atomic E-state index is 3.48. The van der Waals surface area contributed by atoms with Crippen molar-refractivity contribution in [3.8, 4) is 0 Å². The molecule has 0 aliphatic heterocycles. The standard InChI is InChI=1S/C16H26N2/c1-14-7-6-10-16(13-14)18(2)12-11-17-15-8-4-3-5-9-15/h3-5,8-9,14,16-17H,6-7,10-13H2,1-2H3. The van der Waals surface area contributed by atoms with Gasteiger partial charge in [0.1, 0.15) is 0 Å². The van der Waals surface area contributed by atoms with Crippen LogP contribution in [0.3, 0.4) is 0 Å². The second kappa shape index (κ2) is 6.79. The molecule has 0 aromatic heterocycles. The topological polar surface area (TPSA) is 15.3 Å². The Kier molecular flexibility index (Phi) is 5.06. The number of rotatable bonds is 5. The number of nitrogens with zero attached hydrogens (tertiary/aromatic N) is 1. The molecule has 1 aliphatic rings. The summed E-state index contributed by atoms with van der Waals surface area (Å²) in [5.41, 5.74) is 1.22. The Balaban J connectivity index is 1.70. The van der Waals surface area contributed by atoms with Crippen LogP contribution in [0.25, 0.3) is 0 Å². The molecule has 0 heterocycles. The van der Waals surface area contributed by atoms with Gasteiger partial charge in [0.25, 0.3) is 0 Å². The van der Waals surface area contributed by atoms with Gasteiger partial charge in [0, 0.05) is 24.8 Å². The highest BCUT2D eigenvalue weighted by Gasteiger charge is 2.21. The molecule has 100 valence electrons. The van der Waals surface area contributed by atoms with E-state index in [1.54, 1.807) is 0 Å². The van der Waals surface area contributed by atoms with E-state index >= 15 is 0 Å². The third-order valence-electron chi connectivity index (χ3n) is 4.10. The van der Waals surface area contributed by atoms with Crippen LogP contribution in [0.2, 0.25) is 0 Å². The molecular formula is C16H26N2. The molecule has 18 heavy (non-hydrogen) atoms. The lowest BCUT2D eigenvalue weighted by Crippen LogP contribution is -2.38. The van der Waals surface area contributed by atoms with E-state index in [-0.39, 0.29) is 0 Å². The highest BCUT2D eigenvalue weighted by molar-refractivity contribution is 5.42. The van der Waals surface area contributed by atoms with Gasteiger partial charge in [-0.15, -0.1) is 0 Å². The minimum absolute atomic E-state index is 0.798. The molecule has 2 rings (SSSR count). The van der Waals surface area contributed by atoms with Crippen molar-refractivity contribution in [1.29, 1.82) is 0 Å². The van der Waals surface area contributed by atoms with Gasteiger partial charge in [0.2, 0.25) is 0 Å². The van der Waals surface area contributed by atoms with Crippen LogP contribution in [0.4, 0.5) is 5.69 Å². The third-order valence-corrected chi connectivity index (χ3v) is 4.10. The maximum Gasteiger partial charge on any atom is 0.0340 e. The highest BCUT2D eigenvalue weighted by atomic mass is 15.1. The minimum Gasteiger partial charge on any atom is -0.384 e. The molecule has 2 atom stereocenters. The maximum absolute atomic E-state index is 3.48. The molecule has 0 bridgehead atoms. The molecule has 1 saturated carbocycles. The molecule has 2 heteroatoms. The molecule has 1 aliphatic carbocycles. The van der Waals surface area contributed by atoms with Crippen LogP contribution in [-0.4, -0.2) is 31.1 Å². The van der Waals surface area contributed by atoms with Gasteiger partial charge in [-0.05, 0) is 37.9 Å². The number of anilines is 1. The summed E-state index contributed by atoms with van der Waals surface area (Å²) in [5.74, 6) is 0.910. The number of para-hydroxylation sites is 1. The summed E-state index contributed by atoms with van der Waals surface area (Å²) in [6.07, 6.45) is 5.59. The summed E-state index contributed by atoms with van der Waals surface area (Å²) >= 11 is 0. The first-order chi connectivity index (χ1) is 8.75. The zero-order valence-electron chi connectivity index (χ0n) is 11.7. The third kappa shape index (κ3) is 4.02. The lowest BCUT2D eigenvalue weighted by Gasteiger charge is -2.34. The summed E-state index contributed by atoms with van der Waals surface area (Å²) < 4.78 is 0. The Bertz CT molecular complexity index is 336. The Hall–Kier alpha value is -1.02. The van der Waals surface area contributed by atoms with E-state index in [4.69, 9.17) is 0 Å². The molecule has 1 N–H and O–H groups in total. The summed E-state index contributed by atoms with van der Waals surface area (Å²) in [7, 11) is 2.27. The van der Waals surface area contributed by atoms with Crippen molar-refractivity contribution in [3.05, 3.63) is 30.3 Å². The number of hydrogen-bond acceptors (Lipinski definition) is 2. The first-order valence-electron chi connectivity index (χ1n) is 7.25. The van der Waals surface area contributed by atoms with Crippen molar-refractivity contribution < 1.29 is 0 Å². The van der Waals surface area contributed by atoms with Gasteiger partial charge < -0.3 is 10.2 Å². The molecule has 1 aromatic rings. The first kappa shape index (κ1) is 13.4. The zero-order chi connectivity index (χ0) is 12.8. The van der Waals surface area contributed by atoms with Crippen LogP contribution in [0.5, 0.6) is 0 Å². The second-order valence-corrected chi connectivity index (χ2v) is 5.70. The number of nitrogens with one attached hydrogen (secondary N) is 1. The minimum atomic E-state index is 0.798. The van der Waals surface area contributed by atoms with Crippen molar-refractivity contribution in [1.82, 2.24) is 4.90 Å². The summed E-state index contributed by atoms with van der Waals surface area (Å²) in [4.78, 5) is 2.53. The van der Waals surface area contributed by atoms with Gasteiger partial charge >= 0.3 is 0 Å². The molecular weight excluding hydrogens is 220 g/mol. The first-order valence-corrected chi connectivity index (χ1v) is 7.25. The van der Waals surface area contributed by atoms with E-state index in [0.717, 1.165) is 25.0 Å².